The van der Waals surface area contributed by atoms with Gasteiger partial charge >= 0.3 is 0 Å². The average Bonchev–Trinajstić information content (AvgIpc) is 2.30. The van der Waals surface area contributed by atoms with Crippen molar-refractivity contribution in [2.75, 3.05) is 18.9 Å². The number of nitrogens with one attached hydrogen (secondary N) is 1. The first-order chi connectivity index (χ1) is 8.08. The van der Waals surface area contributed by atoms with Crippen LogP contribution in [0.2, 0.25) is 0 Å². The van der Waals surface area contributed by atoms with Gasteiger partial charge in [0.15, 0.2) is 5.82 Å². The van der Waals surface area contributed by atoms with Crippen LogP contribution in [-0.4, -0.2) is 40.0 Å². The van der Waals surface area contributed by atoms with Crippen LogP contribution in [0.3, 0.4) is 0 Å². The quantitative estimate of drug-likeness (QED) is 0.773. The number of likely N-dealkylation sites (N-methyl/N-ethyl adjacent to an activating group) is 1. The largest absolute Gasteiger partial charge is 0.361 e. The number of nitrogens with zero attached hydrogens (tertiary/aromatic N) is 3. The van der Waals surface area contributed by atoms with Crippen molar-refractivity contribution in [1.29, 1.82) is 0 Å². The number of rotatable bonds is 2. The van der Waals surface area contributed by atoms with E-state index in [1.807, 2.05) is 0 Å². The maximum Gasteiger partial charge on any atom is 0.293 e. The van der Waals surface area contributed by atoms with Gasteiger partial charge in [-0.1, -0.05) is 0 Å². The summed E-state index contributed by atoms with van der Waals surface area (Å²) < 4.78 is 1.48. The molecule has 2 rings (SSSR count). The number of likely N-dealkylation sites (tertiary alicyclic amines) is 1. The van der Waals surface area contributed by atoms with Gasteiger partial charge in [-0.15, -0.1) is 0 Å². The number of piperidine rings is 1. The third-order valence-corrected chi connectivity index (χ3v) is 2.98. The van der Waals surface area contributed by atoms with Crippen LogP contribution in [0.4, 0.5) is 5.82 Å². The topological polar surface area (TPSA) is 67.2 Å². The molecule has 0 saturated carbocycles. The normalized spacial score (nSPS) is 20.5. The molecular weight excluding hydrogens is 220 g/mol. The zero-order valence-electron chi connectivity index (χ0n) is 10.0. The monoisotopic (exact) mass is 236 g/mol. The lowest BCUT2D eigenvalue weighted by atomic mass is 10.1. The molecule has 1 atom stereocenters. The summed E-state index contributed by atoms with van der Waals surface area (Å²) >= 11 is 0. The summed E-state index contributed by atoms with van der Waals surface area (Å²) in [5.41, 5.74) is -0.146. The fraction of sp³-hybridized carbons (Fsp3) is 0.545. The molecule has 0 spiro atoms. The van der Waals surface area contributed by atoms with E-state index in [0.29, 0.717) is 18.8 Å². The number of carbonyl (C=O) groups is 1. The van der Waals surface area contributed by atoms with E-state index in [-0.39, 0.29) is 17.5 Å². The molecule has 1 fully saturated rings. The Labute approximate surface area is 99.3 Å². The first-order valence-electron chi connectivity index (χ1n) is 5.60. The van der Waals surface area contributed by atoms with Crippen LogP contribution in [0.1, 0.15) is 12.8 Å². The van der Waals surface area contributed by atoms with E-state index >= 15 is 0 Å². The predicted molar refractivity (Wildman–Crippen MR) is 63.8 cm³/mol. The highest BCUT2D eigenvalue weighted by Gasteiger charge is 2.23. The third-order valence-electron chi connectivity index (χ3n) is 2.98. The van der Waals surface area contributed by atoms with Gasteiger partial charge < -0.3 is 14.8 Å². The first kappa shape index (κ1) is 11.6. The summed E-state index contributed by atoms with van der Waals surface area (Å²) in [5.74, 6) is 0.500. The average molecular weight is 236 g/mol. The van der Waals surface area contributed by atoms with Crippen LogP contribution >= 0.6 is 0 Å². The van der Waals surface area contributed by atoms with Gasteiger partial charge in [0.25, 0.3) is 5.56 Å². The second kappa shape index (κ2) is 4.57. The molecule has 1 aromatic heterocycles. The van der Waals surface area contributed by atoms with Gasteiger partial charge in [-0.25, -0.2) is 4.98 Å². The number of carbonyl (C=O) groups excluding carboxylic acids is 1. The Kier molecular flexibility index (Phi) is 3.12. The minimum absolute atomic E-state index is 0.0975. The highest BCUT2D eigenvalue weighted by Crippen LogP contribution is 2.12. The van der Waals surface area contributed by atoms with Crippen molar-refractivity contribution < 1.29 is 4.79 Å². The van der Waals surface area contributed by atoms with E-state index < -0.39 is 0 Å². The molecule has 17 heavy (non-hydrogen) atoms. The van der Waals surface area contributed by atoms with Crippen molar-refractivity contribution in [3.05, 3.63) is 22.7 Å². The zero-order chi connectivity index (χ0) is 12.4. The molecule has 2 heterocycles. The zero-order valence-corrected chi connectivity index (χ0v) is 10.0. The molecular formula is C11H16N4O2. The van der Waals surface area contributed by atoms with Crippen LogP contribution in [-0.2, 0) is 11.8 Å². The van der Waals surface area contributed by atoms with E-state index in [1.54, 1.807) is 31.4 Å². The van der Waals surface area contributed by atoms with E-state index in [0.717, 1.165) is 6.42 Å². The lowest BCUT2D eigenvalue weighted by Gasteiger charge is -2.30. The Hall–Kier alpha value is -1.85. The molecule has 92 valence electrons. The predicted octanol–water partition coefficient (Wildman–Crippen LogP) is -0.187. The van der Waals surface area contributed by atoms with E-state index in [2.05, 4.69) is 10.3 Å². The number of aryl methyl sites for hydroxylation is 1. The van der Waals surface area contributed by atoms with Crippen LogP contribution in [0, 0.1) is 0 Å². The maximum absolute atomic E-state index is 11.7. The Morgan fingerprint density at radius 3 is 2.88 bits per heavy atom. The Morgan fingerprint density at radius 1 is 1.41 bits per heavy atom. The fourth-order valence-corrected chi connectivity index (χ4v) is 1.92. The number of aromatic nitrogens is 2. The van der Waals surface area contributed by atoms with Crippen molar-refractivity contribution in [3.63, 3.8) is 0 Å². The van der Waals surface area contributed by atoms with Gasteiger partial charge in [-0.05, 0) is 6.42 Å². The van der Waals surface area contributed by atoms with Crippen LogP contribution in [0.15, 0.2) is 17.2 Å². The lowest BCUT2D eigenvalue weighted by molar-refractivity contribution is -0.132. The standard InChI is InChI=1S/C11H16N4O2/c1-14-6-5-12-10(11(14)17)13-8-3-4-9(16)15(2)7-8/h5-6,8H,3-4,7H2,1-2H3,(H,12,13). The van der Waals surface area contributed by atoms with Crippen LogP contribution in [0.5, 0.6) is 0 Å². The number of anilines is 1. The molecule has 1 aromatic rings. The van der Waals surface area contributed by atoms with E-state index in [1.165, 1.54) is 4.57 Å². The van der Waals surface area contributed by atoms with Crippen LogP contribution < -0.4 is 10.9 Å². The minimum atomic E-state index is -0.146. The van der Waals surface area contributed by atoms with Crippen molar-refractivity contribution in [2.24, 2.45) is 7.05 Å². The van der Waals surface area contributed by atoms with Crippen molar-refractivity contribution in [1.82, 2.24) is 14.5 Å². The summed E-state index contributed by atoms with van der Waals surface area (Å²) in [6, 6.07) is 0.0975. The molecule has 1 N–H and O–H groups in total. The third kappa shape index (κ3) is 2.46. The van der Waals surface area contributed by atoms with Gasteiger partial charge in [0.2, 0.25) is 5.91 Å². The van der Waals surface area contributed by atoms with E-state index in [4.69, 9.17) is 0 Å². The molecule has 0 aromatic carbocycles. The summed E-state index contributed by atoms with van der Waals surface area (Å²) in [5, 5.41) is 3.10. The SMILES string of the molecule is CN1CC(Nc2nccn(C)c2=O)CCC1=O. The maximum atomic E-state index is 11.7. The minimum Gasteiger partial charge on any atom is -0.361 e. The molecule has 6 heteroatoms. The number of amides is 1. The Bertz CT molecular complexity index is 483. The molecule has 1 saturated heterocycles. The van der Waals surface area contributed by atoms with E-state index in [9.17, 15) is 9.59 Å². The molecule has 0 radical (unpaired) electrons. The van der Waals surface area contributed by atoms with Gasteiger partial charge in [0, 0.05) is 45.5 Å². The molecule has 1 aliphatic rings. The van der Waals surface area contributed by atoms with Gasteiger partial charge in [0.1, 0.15) is 0 Å². The van der Waals surface area contributed by atoms with Crippen molar-refractivity contribution in [2.45, 2.75) is 18.9 Å². The molecule has 0 bridgehead atoms. The number of hydrogen-bond acceptors (Lipinski definition) is 4. The molecule has 6 nitrogen and oxygen atoms in total. The molecule has 1 aliphatic heterocycles. The fourth-order valence-electron chi connectivity index (χ4n) is 1.92. The Morgan fingerprint density at radius 2 is 2.18 bits per heavy atom. The summed E-state index contributed by atoms with van der Waals surface area (Å²) in [6.07, 6.45) is 4.45. The summed E-state index contributed by atoms with van der Waals surface area (Å²) in [7, 11) is 3.46. The first-order valence-corrected chi connectivity index (χ1v) is 5.60. The van der Waals surface area contributed by atoms with Crippen LogP contribution in [0.25, 0.3) is 0 Å². The Balaban J connectivity index is 2.09. The smallest absolute Gasteiger partial charge is 0.293 e. The molecule has 0 aliphatic carbocycles. The van der Waals surface area contributed by atoms with Gasteiger partial charge in [-0.2, -0.15) is 0 Å². The van der Waals surface area contributed by atoms with Crippen molar-refractivity contribution in [3.8, 4) is 0 Å². The summed E-state index contributed by atoms with van der Waals surface area (Å²) in [4.78, 5) is 28.8. The second-order valence-corrected chi connectivity index (χ2v) is 4.35. The second-order valence-electron chi connectivity index (χ2n) is 4.35. The lowest BCUT2D eigenvalue weighted by Crippen LogP contribution is -2.44. The highest BCUT2D eigenvalue weighted by molar-refractivity contribution is 5.76. The van der Waals surface area contributed by atoms with Gasteiger partial charge in [0.05, 0.1) is 0 Å². The van der Waals surface area contributed by atoms with Gasteiger partial charge in [-0.3, -0.25) is 9.59 Å². The summed E-state index contributed by atoms with van der Waals surface area (Å²) in [6.45, 7) is 0.610. The molecule has 1 amide bonds. The van der Waals surface area contributed by atoms with Crippen molar-refractivity contribution >= 4 is 11.7 Å². The number of hydrogen-bond donors (Lipinski definition) is 1. The molecule has 1 unspecified atom stereocenters. The highest BCUT2D eigenvalue weighted by atomic mass is 16.2.